The van der Waals surface area contributed by atoms with Crippen molar-refractivity contribution in [3.63, 3.8) is 0 Å². The zero-order valence-corrected chi connectivity index (χ0v) is 18.5. The molecule has 0 aliphatic heterocycles. The Kier molecular flexibility index (Phi) is 6.92. The number of fused-ring (bicyclic) bond motifs is 1. The van der Waals surface area contributed by atoms with E-state index in [1.54, 1.807) is 4.68 Å². The minimum absolute atomic E-state index is 0.116. The van der Waals surface area contributed by atoms with Gasteiger partial charge in [0, 0.05) is 25.8 Å². The number of rotatable bonds is 9. The van der Waals surface area contributed by atoms with Crippen LogP contribution in [0.5, 0.6) is 0 Å². The third-order valence-corrected chi connectivity index (χ3v) is 5.41. The van der Waals surface area contributed by atoms with E-state index in [1.165, 1.54) is 5.56 Å². The first kappa shape index (κ1) is 21.7. The summed E-state index contributed by atoms with van der Waals surface area (Å²) in [5.74, 6) is -0.116. The maximum Gasteiger partial charge on any atom is 0.252 e. The van der Waals surface area contributed by atoms with Crippen molar-refractivity contribution in [2.24, 2.45) is 7.05 Å². The van der Waals surface area contributed by atoms with Gasteiger partial charge >= 0.3 is 0 Å². The molecule has 0 saturated carbocycles. The molecule has 2 heterocycles. The highest BCUT2D eigenvalue weighted by molar-refractivity contribution is 6.07. The third-order valence-electron chi connectivity index (χ3n) is 5.41. The van der Waals surface area contributed by atoms with E-state index in [0.717, 1.165) is 35.2 Å². The number of hydrogen-bond acceptors (Lipinski definition) is 4. The first-order chi connectivity index (χ1) is 15.6. The lowest BCUT2D eigenvalue weighted by molar-refractivity contribution is 0.0943. The molecule has 0 aliphatic carbocycles. The minimum atomic E-state index is -0.116. The topological polar surface area (TPSA) is 69.0 Å². The van der Waals surface area contributed by atoms with Crippen LogP contribution in [0, 0.1) is 6.92 Å². The van der Waals surface area contributed by atoms with Gasteiger partial charge in [-0.25, -0.2) is 4.98 Å². The molecule has 4 rings (SSSR count). The van der Waals surface area contributed by atoms with Crippen LogP contribution in [-0.4, -0.2) is 40.4 Å². The second-order valence-electron chi connectivity index (χ2n) is 7.79. The Hall–Kier alpha value is -3.51. The first-order valence-corrected chi connectivity index (χ1v) is 10.9. The van der Waals surface area contributed by atoms with E-state index in [9.17, 15) is 4.79 Å². The molecule has 0 bridgehead atoms. The Morgan fingerprint density at radius 2 is 1.75 bits per heavy atom. The van der Waals surface area contributed by atoms with Crippen LogP contribution < -0.4 is 5.32 Å². The molecule has 164 valence electrons. The maximum atomic E-state index is 13.1. The normalized spacial score (nSPS) is 11.1. The standard InChI is InChI=1S/C26H28N4O2/c1-19-24-22(18-23(21-12-7-4-8-13-21)28-25(24)30(2)29-19)26(31)27-15-9-16-32-17-14-20-10-5-3-6-11-20/h3-8,10-13,18H,9,14-17H2,1-2H3,(H,27,31). The number of aromatic nitrogens is 3. The number of nitrogens with zero attached hydrogens (tertiary/aromatic N) is 3. The summed E-state index contributed by atoms with van der Waals surface area (Å²) in [4.78, 5) is 17.8. The van der Waals surface area contributed by atoms with Gasteiger partial charge in [0.05, 0.1) is 28.9 Å². The van der Waals surface area contributed by atoms with Crippen molar-refractivity contribution < 1.29 is 9.53 Å². The number of benzene rings is 2. The molecule has 6 nitrogen and oxygen atoms in total. The van der Waals surface area contributed by atoms with Gasteiger partial charge in [-0.1, -0.05) is 60.7 Å². The summed E-state index contributed by atoms with van der Waals surface area (Å²) in [6.07, 6.45) is 1.65. The molecule has 6 heteroatoms. The molecule has 0 saturated heterocycles. The molecule has 0 aliphatic rings. The van der Waals surface area contributed by atoms with Crippen LogP contribution in [0.4, 0.5) is 0 Å². The fraction of sp³-hybridized carbons (Fsp3) is 0.269. The number of aryl methyl sites for hydroxylation is 2. The number of nitrogens with one attached hydrogen (secondary N) is 1. The van der Waals surface area contributed by atoms with Gasteiger partial charge in [0.25, 0.3) is 5.91 Å². The average Bonchev–Trinajstić information content (AvgIpc) is 3.12. The summed E-state index contributed by atoms with van der Waals surface area (Å²) in [6, 6.07) is 22.0. The summed E-state index contributed by atoms with van der Waals surface area (Å²) in [7, 11) is 1.85. The van der Waals surface area contributed by atoms with Gasteiger partial charge < -0.3 is 10.1 Å². The highest BCUT2D eigenvalue weighted by atomic mass is 16.5. The fourth-order valence-corrected chi connectivity index (χ4v) is 3.79. The van der Waals surface area contributed by atoms with Crippen molar-refractivity contribution in [3.05, 3.63) is 83.6 Å². The summed E-state index contributed by atoms with van der Waals surface area (Å²) in [6.45, 7) is 3.75. The molecular formula is C26H28N4O2. The van der Waals surface area contributed by atoms with Gasteiger partial charge in [0.15, 0.2) is 5.65 Å². The highest BCUT2D eigenvalue weighted by Crippen LogP contribution is 2.26. The van der Waals surface area contributed by atoms with Crippen molar-refractivity contribution >= 4 is 16.9 Å². The lowest BCUT2D eigenvalue weighted by Gasteiger charge is -2.10. The molecule has 2 aromatic heterocycles. The van der Waals surface area contributed by atoms with Gasteiger partial charge in [-0.05, 0) is 31.4 Å². The molecule has 32 heavy (non-hydrogen) atoms. The zero-order chi connectivity index (χ0) is 22.3. The molecule has 0 unspecified atom stereocenters. The number of ether oxygens (including phenoxy) is 1. The van der Waals surface area contributed by atoms with Crippen LogP contribution in [0.25, 0.3) is 22.3 Å². The van der Waals surface area contributed by atoms with Gasteiger partial charge in [0.2, 0.25) is 0 Å². The van der Waals surface area contributed by atoms with Crippen molar-refractivity contribution in [1.29, 1.82) is 0 Å². The lowest BCUT2D eigenvalue weighted by Crippen LogP contribution is -2.26. The summed E-state index contributed by atoms with van der Waals surface area (Å²) in [5, 5.41) is 8.30. The van der Waals surface area contributed by atoms with Gasteiger partial charge in [-0.15, -0.1) is 0 Å². The van der Waals surface area contributed by atoms with Crippen molar-refractivity contribution in [2.75, 3.05) is 19.8 Å². The molecule has 0 fully saturated rings. The molecule has 4 aromatic rings. The smallest absolute Gasteiger partial charge is 0.252 e. The zero-order valence-electron chi connectivity index (χ0n) is 18.5. The highest BCUT2D eigenvalue weighted by Gasteiger charge is 2.19. The average molecular weight is 429 g/mol. The van der Waals surface area contributed by atoms with Crippen LogP contribution >= 0.6 is 0 Å². The second kappa shape index (κ2) is 10.2. The molecule has 1 N–H and O–H groups in total. The number of hydrogen-bond donors (Lipinski definition) is 1. The second-order valence-corrected chi connectivity index (χ2v) is 7.79. The van der Waals surface area contributed by atoms with Gasteiger partial charge in [0.1, 0.15) is 0 Å². The maximum absolute atomic E-state index is 13.1. The summed E-state index contributed by atoms with van der Waals surface area (Å²) >= 11 is 0. The Labute approximate surface area is 188 Å². The van der Waals surface area contributed by atoms with Gasteiger partial charge in [-0.2, -0.15) is 5.10 Å². The SMILES string of the molecule is Cc1nn(C)c2nc(-c3ccccc3)cc(C(=O)NCCCOCCc3ccccc3)c12. The van der Waals surface area contributed by atoms with Crippen LogP contribution in [-0.2, 0) is 18.2 Å². The predicted octanol–water partition coefficient (Wildman–Crippen LogP) is 4.32. The van der Waals surface area contributed by atoms with Crippen molar-refractivity contribution in [1.82, 2.24) is 20.1 Å². The number of carbonyl (C=O) groups excluding carboxylic acids is 1. The van der Waals surface area contributed by atoms with Crippen molar-refractivity contribution in [2.45, 2.75) is 19.8 Å². The Bertz CT molecular complexity index is 1190. The van der Waals surface area contributed by atoms with E-state index in [2.05, 4.69) is 22.5 Å². The Morgan fingerprint density at radius 3 is 2.50 bits per heavy atom. The molecular weight excluding hydrogens is 400 g/mol. The Balaban J connectivity index is 1.38. The van der Waals surface area contributed by atoms with Crippen LogP contribution in [0.1, 0.15) is 28.0 Å². The molecule has 1 amide bonds. The van der Waals surface area contributed by atoms with E-state index < -0.39 is 0 Å². The van der Waals surface area contributed by atoms with E-state index in [1.807, 2.05) is 68.6 Å². The minimum Gasteiger partial charge on any atom is -0.381 e. The van der Waals surface area contributed by atoms with E-state index in [0.29, 0.717) is 31.0 Å². The fourth-order valence-electron chi connectivity index (χ4n) is 3.79. The van der Waals surface area contributed by atoms with E-state index >= 15 is 0 Å². The lowest BCUT2D eigenvalue weighted by atomic mass is 10.0. The molecule has 0 atom stereocenters. The predicted molar refractivity (Wildman–Crippen MR) is 127 cm³/mol. The van der Waals surface area contributed by atoms with Crippen LogP contribution in [0.3, 0.4) is 0 Å². The third kappa shape index (κ3) is 5.03. The van der Waals surface area contributed by atoms with Crippen molar-refractivity contribution in [3.8, 4) is 11.3 Å². The van der Waals surface area contributed by atoms with Gasteiger partial charge in [-0.3, -0.25) is 9.48 Å². The summed E-state index contributed by atoms with van der Waals surface area (Å²) in [5.41, 5.74) is 5.10. The summed E-state index contributed by atoms with van der Waals surface area (Å²) < 4.78 is 7.45. The van der Waals surface area contributed by atoms with E-state index in [4.69, 9.17) is 9.72 Å². The Morgan fingerprint density at radius 1 is 1.03 bits per heavy atom. The quantitative estimate of drug-likeness (QED) is 0.403. The number of amides is 1. The van der Waals surface area contributed by atoms with Crippen LogP contribution in [0.2, 0.25) is 0 Å². The van der Waals surface area contributed by atoms with Crippen LogP contribution in [0.15, 0.2) is 66.7 Å². The first-order valence-electron chi connectivity index (χ1n) is 10.9. The number of pyridine rings is 1. The molecule has 0 spiro atoms. The largest absolute Gasteiger partial charge is 0.381 e. The number of carbonyl (C=O) groups is 1. The molecule has 2 aromatic carbocycles. The molecule has 0 radical (unpaired) electrons. The van der Waals surface area contributed by atoms with E-state index in [-0.39, 0.29) is 5.91 Å². The monoisotopic (exact) mass is 428 g/mol.